The Morgan fingerprint density at radius 1 is 1.13 bits per heavy atom. The van der Waals surface area contributed by atoms with Crippen LogP contribution in [0.1, 0.15) is 5.56 Å². The van der Waals surface area contributed by atoms with Gasteiger partial charge in [-0.25, -0.2) is 13.5 Å². The molecule has 1 amide bonds. The number of rotatable bonds is 5. The highest BCUT2D eigenvalue weighted by Gasteiger charge is 2.11. The topological polar surface area (TPSA) is 37.9 Å². The molecule has 0 aliphatic rings. The van der Waals surface area contributed by atoms with Gasteiger partial charge < -0.3 is 5.32 Å². The van der Waals surface area contributed by atoms with E-state index in [1.165, 1.54) is 12.1 Å². The van der Waals surface area contributed by atoms with Crippen molar-refractivity contribution in [1.29, 1.82) is 0 Å². The first-order chi connectivity index (χ1) is 11.2. The lowest BCUT2D eigenvalue weighted by molar-refractivity contribution is -0.692. The second-order valence-electron chi connectivity index (χ2n) is 5.19. The van der Waals surface area contributed by atoms with Crippen LogP contribution in [0.2, 0.25) is 0 Å². The van der Waals surface area contributed by atoms with Gasteiger partial charge in [0.05, 0.1) is 0 Å². The molecule has 2 aromatic carbocycles. The molecular weight excluding hydrogens is 293 g/mol. The highest BCUT2D eigenvalue weighted by molar-refractivity contribution is 5.90. The Morgan fingerprint density at radius 3 is 2.61 bits per heavy atom. The number of imidazole rings is 1. The van der Waals surface area contributed by atoms with Crippen LogP contribution in [0.5, 0.6) is 0 Å². The van der Waals surface area contributed by atoms with Gasteiger partial charge in [-0.15, -0.1) is 0 Å². The van der Waals surface area contributed by atoms with Gasteiger partial charge in [0.15, 0.2) is 6.54 Å². The summed E-state index contributed by atoms with van der Waals surface area (Å²) in [6.45, 7) is 0.763. The van der Waals surface area contributed by atoms with Gasteiger partial charge in [0, 0.05) is 5.69 Å². The zero-order chi connectivity index (χ0) is 16.1. The van der Waals surface area contributed by atoms with Crippen LogP contribution in [0.4, 0.5) is 10.1 Å². The second-order valence-corrected chi connectivity index (χ2v) is 5.19. The number of nitrogens with one attached hydrogen (secondary N) is 1. The quantitative estimate of drug-likeness (QED) is 0.722. The first-order valence-corrected chi connectivity index (χ1v) is 7.26. The van der Waals surface area contributed by atoms with Gasteiger partial charge in [-0.2, -0.15) is 0 Å². The van der Waals surface area contributed by atoms with E-state index in [0.29, 0.717) is 6.54 Å². The first-order valence-electron chi connectivity index (χ1n) is 7.26. The molecule has 0 spiro atoms. The molecule has 115 valence electrons. The molecule has 1 N–H and O–H groups in total. The van der Waals surface area contributed by atoms with Crippen molar-refractivity contribution in [2.45, 2.75) is 13.1 Å². The number of hydrogen-bond acceptors (Lipinski definition) is 1. The van der Waals surface area contributed by atoms with Gasteiger partial charge >= 0.3 is 6.33 Å². The lowest BCUT2D eigenvalue weighted by atomic mass is 10.2. The van der Waals surface area contributed by atoms with Gasteiger partial charge in [0.2, 0.25) is 0 Å². The van der Waals surface area contributed by atoms with Crippen molar-refractivity contribution in [2.75, 3.05) is 5.32 Å². The van der Waals surface area contributed by atoms with Gasteiger partial charge in [-0.3, -0.25) is 4.79 Å². The Morgan fingerprint density at radius 2 is 1.87 bits per heavy atom. The number of benzene rings is 2. The number of halogens is 1. The number of hydrogen-bond donors (Lipinski definition) is 1. The molecule has 0 aliphatic carbocycles. The summed E-state index contributed by atoms with van der Waals surface area (Å²) in [5.41, 5.74) is 1.74. The summed E-state index contributed by atoms with van der Waals surface area (Å²) in [5, 5.41) is 2.82. The lowest BCUT2D eigenvalue weighted by Crippen LogP contribution is -2.32. The molecule has 4 nitrogen and oxygen atoms in total. The zero-order valence-electron chi connectivity index (χ0n) is 12.4. The molecule has 0 saturated heterocycles. The Kier molecular flexibility index (Phi) is 4.47. The summed E-state index contributed by atoms with van der Waals surface area (Å²) in [6.07, 6.45) is 6.69. The molecule has 1 radical (unpaired) electrons. The van der Waals surface area contributed by atoms with E-state index in [9.17, 15) is 9.18 Å². The maximum atomic E-state index is 12.9. The average molecular weight is 309 g/mol. The van der Waals surface area contributed by atoms with E-state index < -0.39 is 0 Å². The molecule has 0 atom stereocenters. The van der Waals surface area contributed by atoms with Crippen molar-refractivity contribution in [3.63, 3.8) is 0 Å². The van der Waals surface area contributed by atoms with E-state index in [4.69, 9.17) is 0 Å². The highest BCUT2D eigenvalue weighted by atomic mass is 19.1. The summed E-state index contributed by atoms with van der Waals surface area (Å²) in [6, 6.07) is 15.6. The van der Waals surface area contributed by atoms with Gasteiger partial charge in [-0.1, -0.05) is 30.3 Å². The van der Waals surface area contributed by atoms with Gasteiger partial charge in [-0.05, 0) is 29.8 Å². The SMILES string of the molecule is O=C(Cn1[c][n+](Cc2ccc(F)cc2)cc1)Nc1ccccc1. The first kappa shape index (κ1) is 15.0. The van der Waals surface area contributed by atoms with Crippen molar-refractivity contribution in [3.05, 3.63) is 84.7 Å². The average Bonchev–Trinajstić information content (AvgIpc) is 2.97. The number of amides is 1. The van der Waals surface area contributed by atoms with Crippen LogP contribution in [0.3, 0.4) is 0 Å². The van der Waals surface area contributed by atoms with E-state index in [2.05, 4.69) is 11.6 Å². The number of carbonyl (C=O) groups excluding carboxylic acids is 1. The van der Waals surface area contributed by atoms with E-state index in [0.717, 1.165) is 11.3 Å². The van der Waals surface area contributed by atoms with Crippen LogP contribution in [-0.2, 0) is 17.9 Å². The molecular formula is C18H16FN3O+. The van der Waals surface area contributed by atoms with Crippen molar-refractivity contribution < 1.29 is 13.8 Å². The summed E-state index contributed by atoms with van der Waals surface area (Å²) in [7, 11) is 0. The van der Waals surface area contributed by atoms with Crippen LogP contribution >= 0.6 is 0 Å². The van der Waals surface area contributed by atoms with Crippen LogP contribution < -0.4 is 9.88 Å². The maximum absolute atomic E-state index is 12.9. The van der Waals surface area contributed by atoms with E-state index >= 15 is 0 Å². The van der Waals surface area contributed by atoms with Crippen LogP contribution in [-0.4, -0.2) is 10.5 Å². The molecule has 0 bridgehead atoms. The third-order valence-electron chi connectivity index (χ3n) is 3.32. The second kappa shape index (κ2) is 6.87. The summed E-state index contributed by atoms with van der Waals surface area (Å²) >= 11 is 0. The standard InChI is InChI=1S/C18H16FN3O/c19-16-8-6-15(7-9-16)12-21-10-11-22(14-21)13-18(23)20-17-4-2-1-3-5-17/h1-11H,12-13H2,(H,20,23)/q+1. The van der Waals surface area contributed by atoms with Crippen molar-refractivity contribution >= 4 is 11.6 Å². The number of anilines is 1. The number of carbonyl (C=O) groups is 1. The largest absolute Gasteiger partial charge is 0.374 e. The van der Waals surface area contributed by atoms with Crippen molar-refractivity contribution in [1.82, 2.24) is 4.57 Å². The van der Waals surface area contributed by atoms with Crippen LogP contribution in [0, 0.1) is 12.1 Å². The minimum absolute atomic E-state index is 0.114. The summed E-state index contributed by atoms with van der Waals surface area (Å²) < 4.78 is 16.4. The molecule has 3 aromatic rings. The molecule has 5 heteroatoms. The summed E-state index contributed by atoms with van der Waals surface area (Å²) in [4.78, 5) is 12.0. The molecule has 0 fully saturated rings. The van der Waals surface area contributed by atoms with E-state index in [-0.39, 0.29) is 18.3 Å². The Labute approximate surface area is 133 Å². The van der Waals surface area contributed by atoms with Crippen LogP contribution in [0.15, 0.2) is 67.0 Å². The number of aromatic nitrogens is 2. The third kappa shape index (κ3) is 4.26. The summed E-state index contributed by atoms with van der Waals surface area (Å²) in [5.74, 6) is -0.366. The number of para-hydroxylation sites is 1. The zero-order valence-corrected chi connectivity index (χ0v) is 12.4. The van der Waals surface area contributed by atoms with Crippen molar-refractivity contribution in [2.24, 2.45) is 0 Å². The van der Waals surface area contributed by atoms with Gasteiger partial charge in [0.1, 0.15) is 24.8 Å². The predicted octanol–water partition coefficient (Wildman–Crippen LogP) is 2.40. The molecule has 3 rings (SSSR count). The maximum Gasteiger partial charge on any atom is 0.374 e. The predicted molar refractivity (Wildman–Crippen MR) is 84.0 cm³/mol. The smallest absolute Gasteiger partial charge is 0.323 e. The fraction of sp³-hybridized carbons (Fsp3) is 0.111. The fourth-order valence-electron chi connectivity index (χ4n) is 2.23. The molecule has 0 aliphatic heterocycles. The van der Waals surface area contributed by atoms with Crippen molar-refractivity contribution in [3.8, 4) is 0 Å². The third-order valence-corrected chi connectivity index (χ3v) is 3.32. The Bertz CT molecular complexity index is 782. The molecule has 0 saturated carbocycles. The minimum Gasteiger partial charge on any atom is -0.323 e. The molecule has 1 heterocycles. The van der Waals surface area contributed by atoms with E-state index in [1.54, 1.807) is 22.9 Å². The van der Waals surface area contributed by atoms with E-state index in [1.807, 2.05) is 41.1 Å². The van der Waals surface area contributed by atoms with Gasteiger partial charge in [0.25, 0.3) is 5.91 Å². The monoisotopic (exact) mass is 309 g/mol. The Hall–Kier alpha value is -2.95. The normalized spacial score (nSPS) is 10.5. The lowest BCUT2D eigenvalue weighted by Gasteiger charge is -2.02. The molecule has 1 aromatic heterocycles. The van der Waals surface area contributed by atoms with Crippen LogP contribution in [0.25, 0.3) is 0 Å². The fourth-order valence-corrected chi connectivity index (χ4v) is 2.23. The Balaban J connectivity index is 1.58. The molecule has 0 unspecified atom stereocenters. The number of nitrogens with zero attached hydrogens (tertiary/aromatic N) is 2. The molecule has 23 heavy (non-hydrogen) atoms. The minimum atomic E-state index is -0.252. The highest BCUT2D eigenvalue weighted by Crippen LogP contribution is 2.05.